The molecule has 0 radical (unpaired) electrons. The Hall–Kier alpha value is -1.42. The highest BCUT2D eigenvalue weighted by Crippen LogP contribution is 2.35. The molecule has 1 aliphatic heterocycles. The van der Waals surface area contributed by atoms with Gasteiger partial charge in [-0.2, -0.15) is 0 Å². The number of hydrogen-bond acceptors (Lipinski definition) is 3. The zero-order valence-corrected chi connectivity index (χ0v) is 10.4. The standard InChI is InChI=1S/C13H19N3O/c1-14-12(17)13(5-9-16(2)10-6-13)11-3-7-15-8-4-11/h3-4,7-8H,5-6,9-10H2,1-2H3,(H,14,17). The lowest BCUT2D eigenvalue weighted by Crippen LogP contribution is -2.50. The van der Waals surface area contributed by atoms with Crippen LogP contribution >= 0.6 is 0 Å². The molecule has 17 heavy (non-hydrogen) atoms. The van der Waals surface area contributed by atoms with Crippen LogP contribution in [-0.2, 0) is 10.2 Å². The predicted molar refractivity (Wildman–Crippen MR) is 66.7 cm³/mol. The fourth-order valence-electron chi connectivity index (χ4n) is 2.56. The van der Waals surface area contributed by atoms with Crippen LogP contribution in [0.4, 0.5) is 0 Å². The van der Waals surface area contributed by atoms with Crippen molar-refractivity contribution < 1.29 is 4.79 Å². The number of nitrogens with zero attached hydrogens (tertiary/aromatic N) is 2. The van der Waals surface area contributed by atoms with E-state index in [0.29, 0.717) is 0 Å². The van der Waals surface area contributed by atoms with Crippen molar-refractivity contribution in [2.24, 2.45) is 0 Å². The van der Waals surface area contributed by atoms with Gasteiger partial charge in [0.25, 0.3) is 0 Å². The first kappa shape index (κ1) is 12.0. The summed E-state index contributed by atoms with van der Waals surface area (Å²) >= 11 is 0. The highest BCUT2D eigenvalue weighted by molar-refractivity contribution is 5.88. The molecule has 1 aliphatic rings. The average molecular weight is 233 g/mol. The number of likely N-dealkylation sites (N-methyl/N-ethyl adjacent to an activating group) is 1. The number of amides is 1. The molecule has 0 unspecified atom stereocenters. The van der Waals surface area contributed by atoms with Gasteiger partial charge < -0.3 is 10.2 Å². The van der Waals surface area contributed by atoms with Gasteiger partial charge in [-0.3, -0.25) is 9.78 Å². The number of carbonyl (C=O) groups excluding carboxylic acids is 1. The van der Waals surface area contributed by atoms with Crippen LogP contribution in [-0.4, -0.2) is 43.0 Å². The van der Waals surface area contributed by atoms with Crippen molar-refractivity contribution in [3.05, 3.63) is 30.1 Å². The van der Waals surface area contributed by atoms with Gasteiger partial charge in [-0.05, 0) is 50.7 Å². The van der Waals surface area contributed by atoms with Gasteiger partial charge in [-0.25, -0.2) is 0 Å². The number of pyridine rings is 1. The Morgan fingerprint density at radius 2 is 1.94 bits per heavy atom. The summed E-state index contributed by atoms with van der Waals surface area (Å²) in [7, 11) is 3.81. The van der Waals surface area contributed by atoms with Crippen molar-refractivity contribution in [1.82, 2.24) is 15.2 Å². The molecule has 0 spiro atoms. The largest absolute Gasteiger partial charge is 0.358 e. The van der Waals surface area contributed by atoms with Crippen LogP contribution in [0.15, 0.2) is 24.5 Å². The van der Waals surface area contributed by atoms with E-state index in [1.165, 1.54) is 0 Å². The maximum absolute atomic E-state index is 12.2. The van der Waals surface area contributed by atoms with E-state index < -0.39 is 0 Å². The molecule has 1 amide bonds. The second kappa shape index (κ2) is 4.84. The fourth-order valence-corrected chi connectivity index (χ4v) is 2.56. The first-order valence-electron chi connectivity index (χ1n) is 6.00. The third kappa shape index (κ3) is 2.17. The topological polar surface area (TPSA) is 45.2 Å². The Morgan fingerprint density at radius 1 is 1.35 bits per heavy atom. The van der Waals surface area contributed by atoms with Crippen LogP contribution in [0, 0.1) is 0 Å². The summed E-state index contributed by atoms with van der Waals surface area (Å²) in [6, 6.07) is 3.92. The van der Waals surface area contributed by atoms with E-state index in [-0.39, 0.29) is 11.3 Å². The second-order valence-corrected chi connectivity index (χ2v) is 4.70. The number of likely N-dealkylation sites (tertiary alicyclic amines) is 1. The molecule has 4 nitrogen and oxygen atoms in total. The second-order valence-electron chi connectivity index (χ2n) is 4.70. The maximum Gasteiger partial charge on any atom is 0.230 e. The minimum absolute atomic E-state index is 0.122. The van der Waals surface area contributed by atoms with E-state index in [9.17, 15) is 4.79 Å². The molecule has 0 aromatic carbocycles. The van der Waals surface area contributed by atoms with E-state index in [4.69, 9.17) is 0 Å². The predicted octanol–water partition coefficient (Wildman–Crippen LogP) is 0.791. The van der Waals surface area contributed by atoms with Crippen molar-refractivity contribution in [1.29, 1.82) is 0 Å². The Kier molecular flexibility index (Phi) is 3.43. The Morgan fingerprint density at radius 3 is 2.47 bits per heavy atom. The molecule has 0 bridgehead atoms. The molecule has 1 fully saturated rings. The summed E-state index contributed by atoms with van der Waals surface area (Å²) in [6.45, 7) is 1.91. The van der Waals surface area contributed by atoms with E-state index in [1.54, 1.807) is 19.4 Å². The normalized spacial score (nSPS) is 19.9. The van der Waals surface area contributed by atoms with Crippen LogP contribution in [0.1, 0.15) is 18.4 Å². The number of nitrogens with one attached hydrogen (secondary N) is 1. The molecule has 0 saturated carbocycles. The lowest BCUT2D eigenvalue weighted by Gasteiger charge is -2.39. The summed E-state index contributed by atoms with van der Waals surface area (Å²) in [4.78, 5) is 18.5. The quantitative estimate of drug-likeness (QED) is 0.821. The van der Waals surface area contributed by atoms with Gasteiger partial charge >= 0.3 is 0 Å². The van der Waals surface area contributed by atoms with Gasteiger partial charge in [-0.15, -0.1) is 0 Å². The lowest BCUT2D eigenvalue weighted by atomic mass is 9.72. The molecule has 1 aromatic rings. The van der Waals surface area contributed by atoms with Crippen LogP contribution < -0.4 is 5.32 Å². The number of hydrogen-bond donors (Lipinski definition) is 1. The Balaban J connectivity index is 2.35. The van der Waals surface area contributed by atoms with Crippen LogP contribution in [0.3, 0.4) is 0 Å². The monoisotopic (exact) mass is 233 g/mol. The molecule has 1 aromatic heterocycles. The number of piperidine rings is 1. The molecule has 0 aliphatic carbocycles. The average Bonchev–Trinajstić information content (AvgIpc) is 2.40. The minimum Gasteiger partial charge on any atom is -0.358 e. The van der Waals surface area contributed by atoms with Crippen molar-refractivity contribution in [2.75, 3.05) is 27.2 Å². The zero-order chi connectivity index (χ0) is 12.3. The van der Waals surface area contributed by atoms with Crippen molar-refractivity contribution in [3.8, 4) is 0 Å². The third-order valence-corrected chi connectivity index (χ3v) is 3.74. The van der Waals surface area contributed by atoms with E-state index in [0.717, 1.165) is 31.5 Å². The van der Waals surface area contributed by atoms with Crippen molar-refractivity contribution in [3.63, 3.8) is 0 Å². The number of carbonyl (C=O) groups is 1. The Labute approximate surface area is 102 Å². The molecule has 92 valence electrons. The molecule has 0 atom stereocenters. The van der Waals surface area contributed by atoms with Gasteiger partial charge in [0.15, 0.2) is 0 Å². The summed E-state index contributed by atoms with van der Waals surface area (Å²) in [5.41, 5.74) is 0.712. The molecular formula is C13H19N3O. The van der Waals surface area contributed by atoms with Gasteiger partial charge in [0.2, 0.25) is 5.91 Å². The summed E-state index contributed by atoms with van der Waals surface area (Å²) in [5.74, 6) is 0.122. The molecule has 2 heterocycles. The molecule has 1 saturated heterocycles. The molecule has 2 rings (SSSR count). The molecule has 1 N–H and O–H groups in total. The van der Waals surface area contributed by atoms with Gasteiger partial charge in [0.1, 0.15) is 0 Å². The maximum atomic E-state index is 12.2. The smallest absolute Gasteiger partial charge is 0.230 e. The first-order valence-corrected chi connectivity index (χ1v) is 6.00. The molecular weight excluding hydrogens is 214 g/mol. The first-order chi connectivity index (χ1) is 8.19. The fraction of sp³-hybridized carbons (Fsp3) is 0.538. The van der Waals surface area contributed by atoms with Crippen LogP contribution in [0.5, 0.6) is 0 Å². The van der Waals surface area contributed by atoms with Gasteiger partial charge in [0.05, 0.1) is 5.41 Å². The highest BCUT2D eigenvalue weighted by Gasteiger charge is 2.41. The highest BCUT2D eigenvalue weighted by atomic mass is 16.2. The zero-order valence-electron chi connectivity index (χ0n) is 10.4. The van der Waals surface area contributed by atoms with Gasteiger partial charge in [-0.1, -0.05) is 0 Å². The summed E-state index contributed by atoms with van der Waals surface area (Å²) in [5, 5.41) is 2.81. The lowest BCUT2D eigenvalue weighted by molar-refractivity contribution is -0.128. The van der Waals surface area contributed by atoms with Crippen molar-refractivity contribution in [2.45, 2.75) is 18.3 Å². The van der Waals surface area contributed by atoms with E-state index in [2.05, 4.69) is 22.2 Å². The van der Waals surface area contributed by atoms with Crippen molar-refractivity contribution >= 4 is 5.91 Å². The summed E-state index contributed by atoms with van der Waals surface area (Å²) in [6.07, 6.45) is 5.26. The third-order valence-electron chi connectivity index (χ3n) is 3.74. The number of aromatic nitrogens is 1. The minimum atomic E-state index is -0.371. The SMILES string of the molecule is CNC(=O)C1(c2ccncc2)CCN(C)CC1. The number of rotatable bonds is 2. The van der Waals surface area contributed by atoms with Crippen LogP contribution in [0.2, 0.25) is 0 Å². The summed E-state index contributed by atoms with van der Waals surface area (Å²) < 4.78 is 0. The molecule has 4 heteroatoms. The van der Waals surface area contributed by atoms with E-state index >= 15 is 0 Å². The van der Waals surface area contributed by atoms with Gasteiger partial charge in [0, 0.05) is 19.4 Å². The Bertz CT molecular complexity index is 383. The van der Waals surface area contributed by atoms with Crippen LogP contribution in [0.25, 0.3) is 0 Å². The van der Waals surface area contributed by atoms with E-state index in [1.807, 2.05) is 12.1 Å².